The molecule has 1 atom stereocenters. The first-order valence-corrected chi connectivity index (χ1v) is 8.60. The molecule has 1 saturated carbocycles. The molecule has 0 unspecified atom stereocenters. The van der Waals surface area contributed by atoms with E-state index in [2.05, 4.69) is 10.6 Å². The summed E-state index contributed by atoms with van der Waals surface area (Å²) in [6.45, 7) is 0.814. The van der Waals surface area contributed by atoms with Crippen LogP contribution in [-0.4, -0.2) is 37.6 Å². The van der Waals surface area contributed by atoms with Gasteiger partial charge in [0.1, 0.15) is 0 Å². The smallest absolute Gasteiger partial charge is 0.258 e. The molecule has 1 aliphatic heterocycles. The summed E-state index contributed by atoms with van der Waals surface area (Å²) in [5, 5.41) is 5.54. The first-order chi connectivity index (χ1) is 11.7. The molecule has 24 heavy (non-hydrogen) atoms. The van der Waals surface area contributed by atoms with Crippen molar-refractivity contribution in [3.8, 4) is 11.5 Å². The van der Waals surface area contributed by atoms with Crippen molar-refractivity contribution in [2.24, 2.45) is 0 Å². The number of nitrogens with one attached hydrogen (secondary N) is 2. The van der Waals surface area contributed by atoms with E-state index in [0.717, 1.165) is 45.1 Å². The van der Waals surface area contributed by atoms with E-state index in [1.165, 1.54) is 0 Å². The maximum absolute atomic E-state index is 12.3. The molecule has 6 heteroatoms. The summed E-state index contributed by atoms with van der Waals surface area (Å²) in [5.74, 6) is 0.477. The van der Waals surface area contributed by atoms with Crippen LogP contribution in [0.4, 0.5) is 0 Å². The maximum atomic E-state index is 12.3. The van der Waals surface area contributed by atoms with Crippen LogP contribution in [0.3, 0.4) is 0 Å². The van der Waals surface area contributed by atoms with E-state index in [1.807, 2.05) is 0 Å². The fraction of sp³-hybridized carbons (Fsp3) is 0.556. The standard InChI is InChI=1S/C18H24N2O4/c1-23-15-9-8-12(11-16(15)24-13-5-2-3-6-13)17(21)20-18(22)14-7-4-10-19-14/h8-9,11,13-14,19H,2-7,10H2,1H3,(H,20,21,22)/t14-/m0/s1. The Morgan fingerprint density at radius 2 is 1.92 bits per heavy atom. The number of rotatable bonds is 5. The molecule has 0 radical (unpaired) electrons. The molecule has 2 amide bonds. The molecular formula is C18H24N2O4. The van der Waals surface area contributed by atoms with Crippen molar-refractivity contribution < 1.29 is 19.1 Å². The minimum atomic E-state index is -0.410. The lowest BCUT2D eigenvalue weighted by molar-refractivity contribution is -0.121. The van der Waals surface area contributed by atoms with E-state index >= 15 is 0 Å². The van der Waals surface area contributed by atoms with E-state index in [-0.39, 0.29) is 18.1 Å². The molecule has 1 heterocycles. The summed E-state index contributed by atoms with van der Waals surface area (Å²) in [4.78, 5) is 24.4. The van der Waals surface area contributed by atoms with Gasteiger partial charge in [0.2, 0.25) is 5.91 Å². The van der Waals surface area contributed by atoms with Crippen LogP contribution in [0.25, 0.3) is 0 Å². The highest BCUT2D eigenvalue weighted by molar-refractivity contribution is 6.06. The highest BCUT2D eigenvalue weighted by atomic mass is 16.5. The Labute approximate surface area is 141 Å². The zero-order chi connectivity index (χ0) is 16.9. The second-order valence-electron chi connectivity index (χ2n) is 6.36. The highest BCUT2D eigenvalue weighted by Crippen LogP contribution is 2.32. The minimum Gasteiger partial charge on any atom is -0.493 e. The third kappa shape index (κ3) is 3.87. The van der Waals surface area contributed by atoms with Gasteiger partial charge in [0.25, 0.3) is 5.91 Å². The zero-order valence-corrected chi connectivity index (χ0v) is 14.0. The van der Waals surface area contributed by atoms with Crippen LogP contribution in [0.5, 0.6) is 11.5 Å². The van der Waals surface area contributed by atoms with E-state index in [0.29, 0.717) is 17.1 Å². The molecule has 0 aromatic heterocycles. The van der Waals surface area contributed by atoms with Crippen molar-refractivity contribution in [1.82, 2.24) is 10.6 Å². The molecule has 2 aliphatic rings. The van der Waals surface area contributed by atoms with Crippen molar-refractivity contribution in [2.75, 3.05) is 13.7 Å². The molecule has 1 saturated heterocycles. The van der Waals surface area contributed by atoms with Crippen LogP contribution in [0.15, 0.2) is 18.2 Å². The van der Waals surface area contributed by atoms with Crippen LogP contribution >= 0.6 is 0 Å². The van der Waals surface area contributed by atoms with Crippen molar-refractivity contribution in [3.05, 3.63) is 23.8 Å². The maximum Gasteiger partial charge on any atom is 0.258 e. The highest BCUT2D eigenvalue weighted by Gasteiger charge is 2.25. The van der Waals surface area contributed by atoms with Gasteiger partial charge in [-0.15, -0.1) is 0 Å². The molecule has 3 rings (SSSR count). The van der Waals surface area contributed by atoms with Crippen molar-refractivity contribution in [2.45, 2.75) is 50.7 Å². The van der Waals surface area contributed by atoms with Crippen molar-refractivity contribution in [3.63, 3.8) is 0 Å². The molecule has 130 valence electrons. The monoisotopic (exact) mass is 332 g/mol. The second-order valence-corrected chi connectivity index (χ2v) is 6.36. The predicted octanol–water partition coefficient (Wildman–Crippen LogP) is 2.02. The number of methoxy groups -OCH3 is 1. The zero-order valence-electron chi connectivity index (χ0n) is 14.0. The third-order valence-electron chi connectivity index (χ3n) is 4.64. The topological polar surface area (TPSA) is 76.7 Å². The molecule has 2 N–H and O–H groups in total. The second kappa shape index (κ2) is 7.66. The normalized spacial score (nSPS) is 20.8. The van der Waals surface area contributed by atoms with Crippen LogP contribution in [-0.2, 0) is 4.79 Å². The van der Waals surface area contributed by atoms with E-state index < -0.39 is 5.91 Å². The Morgan fingerprint density at radius 1 is 1.12 bits per heavy atom. The number of carbonyl (C=O) groups is 2. The number of amides is 2. The number of hydrogen-bond donors (Lipinski definition) is 2. The number of hydrogen-bond acceptors (Lipinski definition) is 5. The van der Waals surface area contributed by atoms with E-state index in [1.54, 1.807) is 25.3 Å². The first kappa shape index (κ1) is 16.8. The fourth-order valence-corrected chi connectivity index (χ4v) is 3.28. The third-order valence-corrected chi connectivity index (χ3v) is 4.64. The molecular weight excluding hydrogens is 308 g/mol. The molecule has 6 nitrogen and oxygen atoms in total. The van der Waals surface area contributed by atoms with Crippen molar-refractivity contribution >= 4 is 11.8 Å². The summed E-state index contributed by atoms with van der Waals surface area (Å²) in [6, 6.07) is 4.73. The molecule has 0 bridgehead atoms. The summed E-state index contributed by atoms with van der Waals surface area (Å²) >= 11 is 0. The van der Waals surface area contributed by atoms with Gasteiger partial charge in [0, 0.05) is 5.56 Å². The number of benzene rings is 1. The van der Waals surface area contributed by atoms with Gasteiger partial charge in [-0.25, -0.2) is 0 Å². The SMILES string of the molecule is COc1ccc(C(=O)NC(=O)[C@@H]2CCCN2)cc1OC1CCCC1. The molecule has 1 aliphatic carbocycles. The van der Waals surface area contributed by atoms with Crippen molar-refractivity contribution in [1.29, 1.82) is 0 Å². The molecule has 1 aromatic rings. The van der Waals surface area contributed by atoms with E-state index in [9.17, 15) is 9.59 Å². The molecule has 2 fully saturated rings. The minimum absolute atomic E-state index is 0.168. The van der Waals surface area contributed by atoms with Gasteiger partial charge >= 0.3 is 0 Å². The van der Waals surface area contributed by atoms with Crippen LogP contribution in [0.1, 0.15) is 48.9 Å². The van der Waals surface area contributed by atoms with Gasteiger partial charge < -0.3 is 14.8 Å². The van der Waals surface area contributed by atoms with Gasteiger partial charge in [-0.1, -0.05) is 0 Å². The average Bonchev–Trinajstić information content (AvgIpc) is 3.28. The van der Waals surface area contributed by atoms with Gasteiger partial charge in [0.05, 0.1) is 19.3 Å². The van der Waals surface area contributed by atoms with Crippen LogP contribution in [0.2, 0.25) is 0 Å². The average molecular weight is 332 g/mol. The van der Waals surface area contributed by atoms with Gasteiger partial charge in [-0.2, -0.15) is 0 Å². The quantitative estimate of drug-likeness (QED) is 0.807. The van der Waals surface area contributed by atoms with E-state index in [4.69, 9.17) is 9.47 Å². The predicted molar refractivity (Wildman–Crippen MR) is 89.4 cm³/mol. The lowest BCUT2D eigenvalue weighted by atomic mass is 10.1. The summed E-state index contributed by atoms with van der Waals surface area (Å²) in [5.41, 5.74) is 0.398. The van der Waals surface area contributed by atoms with Gasteiger partial charge in [0.15, 0.2) is 11.5 Å². The van der Waals surface area contributed by atoms with Crippen LogP contribution in [0, 0.1) is 0 Å². The Morgan fingerprint density at radius 3 is 2.58 bits per heavy atom. The summed E-state index contributed by atoms with van der Waals surface area (Å²) in [7, 11) is 1.58. The number of ether oxygens (including phenoxy) is 2. The molecule has 0 spiro atoms. The summed E-state index contributed by atoms with van der Waals surface area (Å²) in [6.07, 6.45) is 6.25. The lowest BCUT2D eigenvalue weighted by Crippen LogP contribution is -2.43. The fourth-order valence-electron chi connectivity index (χ4n) is 3.28. The van der Waals surface area contributed by atoms with Crippen LogP contribution < -0.4 is 20.1 Å². The largest absolute Gasteiger partial charge is 0.493 e. The Kier molecular flexibility index (Phi) is 5.35. The number of carbonyl (C=O) groups excluding carboxylic acids is 2. The first-order valence-electron chi connectivity index (χ1n) is 8.60. The molecule has 1 aromatic carbocycles. The Bertz CT molecular complexity index is 605. The Hall–Kier alpha value is -2.08. The van der Waals surface area contributed by atoms with Gasteiger partial charge in [-0.3, -0.25) is 14.9 Å². The number of imide groups is 1. The lowest BCUT2D eigenvalue weighted by Gasteiger charge is -2.17. The summed E-state index contributed by atoms with van der Waals surface area (Å²) < 4.78 is 11.3. The van der Waals surface area contributed by atoms with Gasteiger partial charge in [-0.05, 0) is 63.3 Å². The Balaban J connectivity index is 1.69.